The normalized spacial score (nSPS) is 14.7. The van der Waals surface area contributed by atoms with E-state index in [1.165, 1.54) is 12.4 Å². The van der Waals surface area contributed by atoms with Crippen LogP contribution in [0.4, 0.5) is 5.95 Å². The van der Waals surface area contributed by atoms with Gasteiger partial charge in [-0.05, 0) is 0 Å². The molecule has 2 N–H and O–H groups in total. The van der Waals surface area contributed by atoms with Gasteiger partial charge in [0.15, 0.2) is 0 Å². The molecule has 1 rings (SSSR count). The number of alkyl halides is 1. The fraction of sp³-hybridized carbons (Fsp3) is 0.556. The summed E-state index contributed by atoms with van der Waals surface area (Å²) in [6.45, 7) is 0. The van der Waals surface area contributed by atoms with E-state index in [1.54, 1.807) is 4.90 Å². The Labute approximate surface area is 93.3 Å². The average molecular weight is 232 g/mol. The van der Waals surface area contributed by atoms with Crippen LogP contribution in [0.1, 0.15) is 11.7 Å². The predicted molar refractivity (Wildman–Crippen MR) is 58.0 cm³/mol. The Balaban J connectivity index is 2.79. The van der Waals surface area contributed by atoms with Crippen molar-refractivity contribution in [3.63, 3.8) is 0 Å². The average Bonchev–Trinajstić information content (AvgIpc) is 2.27. The zero-order valence-corrected chi connectivity index (χ0v) is 9.39. The Hall–Kier alpha value is -0.910. The fourth-order valence-electron chi connectivity index (χ4n) is 1.02. The molecule has 1 aromatic heterocycles. The largest absolute Gasteiger partial charge is 0.389 e. The second-order valence-corrected chi connectivity index (χ2v) is 3.69. The highest BCUT2D eigenvalue weighted by Gasteiger charge is 2.18. The van der Waals surface area contributed by atoms with Crippen LogP contribution in [0.25, 0.3) is 0 Å². The van der Waals surface area contributed by atoms with Gasteiger partial charge in [0.1, 0.15) is 6.10 Å². The van der Waals surface area contributed by atoms with Gasteiger partial charge in [-0.3, -0.25) is 0 Å². The van der Waals surface area contributed by atoms with Crippen molar-refractivity contribution in [1.82, 2.24) is 9.97 Å². The van der Waals surface area contributed by atoms with Gasteiger partial charge in [0, 0.05) is 32.1 Å². The first-order chi connectivity index (χ1) is 7.06. The minimum Gasteiger partial charge on any atom is -0.389 e. The molecule has 6 heteroatoms. The van der Waals surface area contributed by atoms with E-state index in [0.29, 0.717) is 11.5 Å². The SMILES string of the molecule is CN(C)c1ncc(C(O)C(O)CCl)cn1. The maximum Gasteiger partial charge on any atom is 0.224 e. The molecule has 0 aliphatic rings. The summed E-state index contributed by atoms with van der Waals surface area (Å²) in [6.07, 6.45) is 0.908. The van der Waals surface area contributed by atoms with E-state index in [9.17, 15) is 10.2 Å². The zero-order chi connectivity index (χ0) is 11.4. The van der Waals surface area contributed by atoms with Crippen LogP contribution >= 0.6 is 11.6 Å². The third-order valence-corrected chi connectivity index (χ3v) is 2.24. The number of anilines is 1. The summed E-state index contributed by atoms with van der Waals surface area (Å²) in [5, 5.41) is 18.9. The van der Waals surface area contributed by atoms with Crippen LogP contribution in [0.15, 0.2) is 12.4 Å². The monoisotopic (exact) mass is 231 g/mol. The van der Waals surface area contributed by atoms with Gasteiger partial charge in [0.05, 0.1) is 12.0 Å². The van der Waals surface area contributed by atoms with Gasteiger partial charge in [-0.15, -0.1) is 11.6 Å². The van der Waals surface area contributed by atoms with Gasteiger partial charge in [0.25, 0.3) is 0 Å². The Morgan fingerprint density at radius 1 is 1.33 bits per heavy atom. The molecule has 0 fully saturated rings. The minimum atomic E-state index is -1.04. The Bertz CT molecular complexity index is 305. The third-order valence-electron chi connectivity index (χ3n) is 1.92. The van der Waals surface area contributed by atoms with Crippen LogP contribution in [-0.4, -0.2) is 46.3 Å². The molecule has 2 unspecified atom stereocenters. The van der Waals surface area contributed by atoms with Crippen LogP contribution in [0, 0.1) is 0 Å². The van der Waals surface area contributed by atoms with Crippen molar-refractivity contribution in [2.45, 2.75) is 12.2 Å². The molecule has 0 aliphatic carbocycles. The first-order valence-electron chi connectivity index (χ1n) is 4.47. The van der Waals surface area contributed by atoms with E-state index in [-0.39, 0.29) is 5.88 Å². The van der Waals surface area contributed by atoms with Crippen LogP contribution in [0.2, 0.25) is 0 Å². The molecule has 0 saturated carbocycles. The molecule has 2 atom stereocenters. The van der Waals surface area contributed by atoms with E-state index in [1.807, 2.05) is 14.1 Å². The second kappa shape index (κ2) is 5.25. The van der Waals surface area contributed by atoms with Crippen LogP contribution in [0.5, 0.6) is 0 Å². The van der Waals surface area contributed by atoms with Crippen LogP contribution in [-0.2, 0) is 0 Å². The van der Waals surface area contributed by atoms with Crippen molar-refractivity contribution in [3.05, 3.63) is 18.0 Å². The first kappa shape index (κ1) is 12.2. The van der Waals surface area contributed by atoms with Crippen molar-refractivity contribution in [2.75, 3.05) is 24.9 Å². The van der Waals surface area contributed by atoms with E-state index < -0.39 is 12.2 Å². The molecule has 0 aliphatic heterocycles. The number of halogens is 1. The number of hydrogen-bond acceptors (Lipinski definition) is 5. The lowest BCUT2D eigenvalue weighted by Crippen LogP contribution is -2.20. The third kappa shape index (κ3) is 3.02. The maximum atomic E-state index is 9.59. The molecule has 0 amide bonds. The van der Waals surface area contributed by atoms with Crippen molar-refractivity contribution >= 4 is 17.5 Å². The molecule has 5 nitrogen and oxygen atoms in total. The highest BCUT2D eigenvalue weighted by molar-refractivity contribution is 6.18. The lowest BCUT2D eigenvalue weighted by Gasteiger charge is -2.16. The number of hydrogen-bond donors (Lipinski definition) is 2. The topological polar surface area (TPSA) is 69.5 Å². The highest BCUT2D eigenvalue weighted by Crippen LogP contribution is 2.16. The Kier molecular flexibility index (Phi) is 4.26. The summed E-state index contributed by atoms with van der Waals surface area (Å²) in [6, 6.07) is 0. The molecule has 0 aromatic carbocycles. The summed E-state index contributed by atoms with van der Waals surface area (Å²) in [5.74, 6) is 0.516. The molecular formula is C9H14ClN3O2. The molecule has 84 valence electrons. The minimum absolute atomic E-state index is 0.0312. The summed E-state index contributed by atoms with van der Waals surface area (Å²) in [4.78, 5) is 9.78. The first-order valence-corrected chi connectivity index (χ1v) is 5.01. The lowest BCUT2D eigenvalue weighted by atomic mass is 10.1. The van der Waals surface area contributed by atoms with Crippen molar-refractivity contribution in [2.24, 2.45) is 0 Å². The smallest absolute Gasteiger partial charge is 0.224 e. The number of aliphatic hydroxyl groups excluding tert-OH is 2. The standard InChI is InChI=1S/C9H14ClN3O2/c1-13(2)9-11-4-6(5-12-9)8(15)7(14)3-10/h4-5,7-8,14-15H,3H2,1-2H3. The molecule has 1 heterocycles. The lowest BCUT2D eigenvalue weighted by molar-refractivity contribution is 0.0323. The molecule has 0 spiro atoms. The van der Waals surface area contributed by atoms with Crippen molar-refractivity contribution < 1.29 is 10.2 Å². The van der Waals surface area contributed by atoms with Gasteiger partial charge in [0.2, 0.25) is 5.95 Å². The number of aliphatic hydroxyl groups is 2. The van der Waals surface area contributed by atoms with E-state index in [0.717, 1.165) is 0 Å². The second-order valence-electron chi connectivity index (χ2n) is 3.38. The number of rotatable bonds is 4. The highest BCUT2D eigenvalue weighted by atomic mass is 35.5. The maximum absolute atomic E-state index is 9.59. The summed E-state index contributed by atoms with van der Waals surface area (Å²) in [7, 11) is 3.64. The fourth-order valence-corrected chi connectivity index (χ4v) is 1.19. The zero-order valence-electron chi connectivity index (χ0n) is 8.63. The van der Waals surface area contributed by atoms with Gasteiger partial charge < -0.3 is 15.1 Å². The number of aromatic nitrogens is 2. The summed E-state index contributed by atoms with van der Waals surface area (Å²) < 4.78 is 0. The van der Waals surface area contributed by atoms with Gasteiger partial charge in [-0.25, -0.2) is 9.97 Å². The predicted octanol–water partition coefficient (Wildman–Crippen LogP) is 0.176. The Morgan fingerprint density at radius 3 is 2.27 bits per heavy atom. The molecule has 1 aromatic rings. The summed E-state index contributed by atoms with van der Waals surface area (Å²) in [5.41, 5.74) is 0.453. The number of nitrogens with zero attached hydrogens (tertiary/aromatic N) is 3. The van der Waals surface area contributed by atoms with Gasteiger partial charge >= 0.3 is 0 Å². The van der Waals surface area contributed by atoms with E-state index in [4.69, 9.17) is 11.6 Å². The summed E-state index contributed by atoms with van der Waals surface area (Å²) >= 11 is 5.42. The van der Waals surface area contributed by atoms with Crippen molar-refractivity contribution in [3.8, 4) is 0 Å². The molecule has 0 radical (unpaired) electrons. The molecular weight excluding hydrogens is 218 g/mol. The molecule has 0 saturated heterocycles. The quantitative estimate of drug-likeness (QED) is 0.724. The van der Waals surface area contributed by atoms with Gasteiger partial charge in [-0.1, -0.05) is 0 Å². The van der Waals surface area contributed by atoms with Crippen LogP contribution < -0.4 is 4.90 Å². The van der Waals surface area contributed by atoms with E-state index >= 15 is 0 Å². The van der Waals surface area contributed by atoms with Crippen molar-refractivity contribution in [1.29, 1.82) is 0 Å². The Morgan fingerprint density at radius 2 is 1.87 bits per heavy atom. The molecule has 0 bridgehead atoms. The van der Waals surface area contributed by atoms with Crippen LogP contribution in [0.3, 0.4) is 0 Å². The molecule has 15 heavy (non-hydrogen) atoms. The van der Waals surface area contributed by atoms with E-state index in [2.05, 4.69) is 9.97 Å². The van der Waals surface area contributed by atoms with Gasteiger partial charge in [-0.2, -0.15) is 0 Å².